The molecule has 0 heterocycles. The lowest BCUT2D eigenvalue weighted by Crippen LogP contribution is -2.12. The van der Waals surface area contributed by atoms with Crippen LogP contribution >= 0.6 is 0 Å². The zero-order chi connectivity index (χ0) is 29.1. The second-order valence-corrected chi connectivity index (χ2v) is 10.2. The third-order valence-corrected chi connectivity index (χ3v) is 6.68. The Labute approximate surface area is 234 Å². The Kier molecular flexibility index (Phi) is 8.19. The van der Waals surface area contributed by atoms with E-state index in [9.17, 15) is 14.4 Å². The molecule has 6 nitrogen and oxygen atoms in total. The van der Waals surface area contributed by atoms with Crippen LogP contribution in [0.5, 0.6) is 11.5 Å². The molecule has 3 aromatic rings. The van der Waals surface area contributed by atoms with Crippen LogP contribution in [0.1, 0.15) is 50.0 Å². The second-order valence-electron chi connectivity index (χ2n) is 10.2. The van der Waals surface area contributed by atoms with E-state index in [4.69, 9.17) is 14.2 Å². The van der Waals surface area contributed by atoms with Gasteiger partial charge in [0.2, 0.25) is 0 Å². The lowest BCUT2D eigenvalue weighted by molar-refractivity contribution is -0.144. The van der Waals surface area contributed by atoms with E-state index in [1.165, 1.54) is 12.5 Å². The number of hydrogen-bond acceptors (Lipinski definition) is 6. The van der Waals surface area contributed by atoms with Gasteiger partial charge in [0.1, 0.15) is 6.10 Å². The fraction of sp³-hybridized carbons (Fsp3) is 0.206. The Morgan fingerprint density at radius 1 is 0.700 bits per heavy atom. The summed E-state index contributed by atoms with van der Waals surface area (Å²) in [5.74, 6) is -1.40. The maximum absolute atomic E-state index is 12.3. The van der Waals surface area contributed by atoms with Crippen LogP contribution in [0.25, 0.3) is 22.3 Å². The molecule has 0 bridgehead atoms. The smallest absolute Gasteiger partial charge is 0.338 e. The van der Waals surface area contributed by atoms with Crippen LogP contribution in [0.3, 0.4) is 0 Å². The zero-order valence-corrected chi connectivity index (χ0v) is 23.3. The van der Waals surface area contributed by atoms with Crippen LogP contribution < -0.4 is 9.47 Å². The Morgan fingerprint density at radius 2 is 1.27 bits per heavy atom. The van der Waals surface area contributed by atoms with Gasteiger partial charge in [-0.1, -0.05) is 56.1 Å². The van der Waals surface area contributed by atoms with Crippen molar-refractivity contribution in [3.63, 3.8) is 0 Å². The molecule has 0 radical (unpaired) electrons. The Balaban J connectivity index is 1.65. The summed E-state index contributed by atoms with van der Waals surface area (Å²) in [5, 5.41) is 0. The molecule has 0 spiro atoms. The first-order chi connectivity index (χ1) is 18.9. The highest BCUT2D eigenvalue weighted by Gasteiger charge is 2.26. The maximum atomic E-state index is 12.3. The first-order valence-electron chi connectivity index (χ1n) is 12.9. The van der Waals surface area contributed by atoms with Crippen molar-refractivity contribution < 1.29 is 28.6 Å². The standard InChI is InChI=1S/C34H32O6/c1-19(2)32(35)38-29-14-11-23-8-9-26(17-28(23)29)27-13-10-24(16-22(27)7)25-12-15-30(39-33(36)20(3)4)31(18-25)40-34(37)21(5)6/h8-10,12-13,15-18,29H,1,3,5,11,14H2,2,4,6-7H3. The molecule has 40 heavy (non-hydrogen) atoms. The van der Waals surface area contributed by atoms with Crippen molar-refractivity contribution >= 4 is 17.9 Å². The predicted octanol–water partition coefficient (Wildman–Crippen LogP) is 7.40. The molecule has 0 saturated heterocycles. The largest absolute Gasteiger partial charge is 0.454 e. The van der Waals surface area contributed by atoms with Crippen LogP contribution in [-0.2, 0) is 25.5 Å². The summed E-state index contributed by atoms with van der Waals surface area (Å²) in [6, 6.07) is 17.4. The second kappa shape index (κ2) is 11.6. The van der Waals surface area contributed by atoms with E-state index >= 15 is 0 Å². The van der Waals surface area contributed by atoms with Gasteiger partial charge in [0.15, 0.2) is 11.5 Å². The molecule has 204 valence electrons. The average molecular weight is 537 g/mol. The molecule has 0 amide bonds. The number of esters is 3. The van der Waals surface area contributed by atoms with Gasteiger partial charge in [0.25, 0.3) is 0 Å². The molecule has 6 heteroatoms. The highest BCUT2D eigenvalue weighted by atomic mass is 16.6. The van der Waals surface area contributed by atoms with Crippen molar-refractivity contribution in [1.82, 2.24) is 0 Å². The van der Waals surface area contributed by atoms with E-state index in [1.807, 2.05) is 25.1 Å². The van der Waals surface area contributed by atoms with E-state index in [2.05, 4.69) is 37.9 Å². The molecule has 1 aliphatic rings. The van der Waals surface area contributed by atoms with Gasteiger partial charge in [0, 0.05) is 16.7 Å². The summed E-state index contributed by atoms with van der Waals surface area (Å²) in [7, 11) is 0. The number of rotatable bonds is 8. The summed E-state index contributed by atoms with van der Waals surface area (Å²) >= 11 is 0. The van der Waals surface area contributed by atoms with Crippen molar-refractivity contribution in [3.05, 3.63) is 108 Å². The topological polar surface area (TPSA) is 78.9 Å². The lowest BCUT2D eigenvalue weighted by atomic mass is 9.93. The Hall–Kier alpha value is -4.71. The van der Waals surface area contributed by atoms with Crippen LogP contribution in [0.15, 0.2) is 91.1 Å². The van der Waals surface area contributed by atoms with Crippen molar-refractivity contribution in [2.24, 2.45) is 0 Å². The molecule has 4 rings (SSSR count). The van der Waals surface area contributed by atoms with Gasteiger partial charge in [-0.25, -0.2) is 14.4 Å². The van der Waals surface area contributed by atoms with Crippen LogP contribution in [0.2, 0.25) is 0 Å². The molecule has 1 atom stereocenters. The summed E-state index contributed by atoms with van der Waals surface area (Å²) in [4.78, 5) is 36.5. The highest BCUT2D eigenvalue weighted by molar-refractivity contribution is 5.91. The van der Waals surface area contributed by atoms with Crippen LogP contribution in [0.4, 0.5) is 0 Å². The van der Waals surface area contributed by atoms with Crippen molar-refractivity contribution in [1.29, 1.82) is 0 Å². The number of carbonyl (C=O) groups excluding carboxylic acids is 3. The Morgan fingerprint density at radius 3 is 1.90 bits per heavy atom. The third kappa shape index (κ3) is 6.12. The molecule has 0 fully saturated rings. The Bertz CT molecular complexity index is 1580. The molecule has 0 N–H and O–H groups in total. The van der Waals surface area contributed by atoms with Gasteiger partial charge < -0.3 is 14.2 Å². The van der Waals surface area contributed by atoms with E-state index in [1.54, 1.807) is 32.0 Å². The van der Waals surface area contributed by atoms with Gasteiger partial charge in [-0.3, -0.25) is 0 Å². The fourth-order valence-corrected chi connectivity index (χ4v) is 4.48. The summed E-state index contributed by atoms with van der Waals surface area (Å²) < 4.78 is 16.5. The molecular formula is C34H32O6. The molecular weight excluding hydrogens is 504 g/mol. The number of fused-ring (bicyclic) bond motifs is 1. The molecule has 0 aliphatic heterocycles. The number of hydrogen-bond donors (Lipinski definition) is 0. The first kappa shape index (κ1) is 28.3. The third-order valence-electron chi connectivity index (χ3n) is 6.68. The minimum atomic E-state index is -0.625. The fourth-order valence-electron chi connectivity index (χ4n) is 4.48. The van der Waals surface area contributed by atoms with E-state index < -0.39 is 11.9 Å². The maximum Gasteiger partial charge on any atom is 0.338 e. The molecule has 0 aromatic heterocycles. The molecule has 0 saturated carbocycles. The summed E-state index contributed by atoms with van der Waals surface area (Å²) in [5.41, 5.74) is 7.80. The summed E-state index contributed by atoms with van der Waals surface area (Å²) in [6.07, 6.45) is 1.33. The van der Waals surface area contributed by atoms with Gasteiger partial charge >= 0.3 is 17.9 Å². The van der Waals surface area contributed by atoms with Gasteiger partial charge in [-0.2, -0.15) is 0 Å². The number of ether oxygens (including phenoxy) is 3. The van der Waals surface area contributed by atoms with Crippen molar-refractivity contribution in [3.8, 4) is 33.8 Å². The number of carbonyl (C=O) groups is 3. The molecule has 1 aliphatic carbocycles. The normalized spacial score (nSPS) is 13.7. The average Bonchev–Trinajstić information content (AvgIpc) is 3.31. The van der Waals surface area contributed by atoms with E-state index in [0.717, 1.165) is 46.2 Å². The monoisotopic (exact) mass is 536 g/mol. The van der Waals surface area contributed by atoms with E-state index in [0.29, 0.717) is 5.57 Å². The molecule has 3 aromatic carbocycles. The lowest BCUT2D eigenvalue weighted by Gasteiger charge is -2.16. The minimum absolute atomic E-state index is 0.107. The SMILES string of the molecule is C=C(C)C(=O)Oc1ccc(-c2ccc(-c3ccc4c(c3)C(OC(=O)C(=C)C)CC4)c(C)c2)cc1OC(=O)C(=C)C. The first-order valence-corrected chi connectivity index (χ1v) is 12.9. The quantitative estimate of drug-likeness (QED) is 0.170. The predicted molar refractivity (Wildman–Crippen MR) is 155 cm³/mol. The van der Waals surface area contributed by atoms with Gasteiger partial charge in [0.05, 0.1) is 0 Å². The van der Waals surface area contributed by atoms with Crippen LogP contribution in [-0.4, -0.2) is 17.9 Å². The van der Waals surface area contributed by atoms with Crippen molar-refractivity contribution in [2.45, 2.75) is 46.6 Å². The highest BCUT2D eigenvalue weighted by Crippen LogP contribution is 2.39. The molecule has 1 unspecified atom stereocenters. The van der Waals surface area contributed by atoms with Crippen molar-refractivity contribution in [2.75, 3.05) is 0 Å². The number of benzene rings is 3. The van der Waals surface area contributed by atoms with E-state index in [-0.39, 0.29) is 34.7 Å². The zero-order valence-electron chi connectivity index (χ0n) is 23.3. The van der Waals surface area contributed by atoms with Crippen LogP contribution in [0, 0.1) is 6.92 Å². The number of aryl methyl sites for hydroxylation is 2. The minimum Gasteiger partial charge on any atom is -0.454 e. The summed E-state index contributed by atoms with van der Waals surface area (Å²) in [6.45, 7) is 17.7. The van der Waals surface area contributed by atoms with Gasteiger partial charge in [-0.05, 0) is 97.7 Å². The van der Waals surface area contributed by atoms with Gasteiger partial charge in [-0.15, -0.1) is 0 Å².